The summed E-state index contributed by atoms with van der Waals surface area (Å²) in [6.45, 7) is 4.51. The van der Waals surface area contributed by atoms with Crippen molar-refractivity contribution in [1.82, 2.24) is 14.5 Å². The molecule has 0 N–H and O–H groups in total. The highest BCUT2D eigenvalue weighted by atomic mass is 15.1. The third kappa shape index (κ3) is 5.14. The van der Waals surface area contributed by atoms with Gasteiger partial charge in [-0.2, -0.15) is 0 Å². The van der Waals surface area contributed by atoms with Crippen LogP contribution in [0.5, 0.6) is 0 Å². The van der Waals surface area contributed by atoms with Gasteiger partial charge in [-0.05, 0) is 120 Å². The van der Waals surface area contributed by atoms with E-state index in [4.69, 9.17) is 4.98 Å². The first-order chi connectivity index (χ1) is 26.6. The number of benzene rings is 7. The zero-order chi connectivity index (χ0) is 36.2. The van der Waals surface area contributed by atoms with Crippen molar-refractivity contribution in [2.24, 2.45) is 0 Å². The quantitative estimate of drug-likeness (QED) is 0.163. The van der Waals surface area contributed by atoms with Gasteiger partial charge in [-0.1, -0.05) is 97.1 Å². The molecule has 0 aliphatic carbocycles. The summed E-state index contributed by atoms with van der Waals surface area (Å²) in [5.41, 5.74) is 16.1. The van der Waals surface area contributed by atoms with Crippen LogP contribution in [-0.2, 0) is 0 Å². The number of fused-ring (bicyclic) bond motifs is 6. The third-order valence-electron chi connectivity index (χ3n) is 10.9. The van der Waals surface area contributed by atoms with Crippen LogP contribution in [0.1, 0.15) is 11.1 Å². The molecule has 0 saturated heterocycles. The van der Waals surface area contributed by atoms with Gasteiger partial charge in [0, 0.05) is 56.7 Å². The van der Waals surface area contributed by atoms with Crippen molar-refractivity contribution in [3.05, 3.63) is 193 Å². The van der Waals surface area contributed by atoms with Crippen LogP contribution >= 0.6 is 0 Å². The Morgan fingerprint density at radius 3 is 1.78 bits per heavy atom. The minimum Gasteiger partial charge on any atom is -0.310 e. The lowest BCUT2D eigenvalue weighted by atomic mass is 9.93. The molecule has 10 rings (SSSR count). The maximum atomic E-state index is 4.72. The number of hydrogen-bond acceptors (Lipinski definition) is 3. The Kier molecular flexibility index (Phi) is 7.55. The molecule has 256 valence electrons. The first-order valence-corrected chi connectivity index (χ1v) is 18.4. The van der Waals surface area contributed by atoms with Gasteiger partial charge in [-0.25, -0.2) is 0 Å². The fourth-order valence-corrected chi connectivity index (χ4v) is 8.17. The average molecular weight is 693 g/mol. The molecular formula is C50H36N4. The molecule has 7 aromatic carbocycles. The van der Waals surface area contributed by atoms with Crippen LogP contribution in [0.15, 0.2) is 182 Å². The molecule has 3 aromatic heterocycles. The third-order valence-corrected chi connectivity index (χ3v) is 10.9. The van der Waals surface area contributed by atoms with Crippen molar-refractivity contribution in [2.75, 3.05) is 4.90 Å². The largest absolute Gasteiger partial charge is 0.310 e. The number of hydrogen-bond donors (Lipinski definition) is 0. The fourth-order valence-electron chi connectivity index (χ4n) is 8.17. The zero-order valence-electron chi connectivity index (χ0n) is 30.1. The SMILES string of the molecule is Cc1c(-c2ccc(-c3cc4cccnc4c4ncccc34)cc2)ccc(-n2c3ccccc3c3cc(N(c4ccccc4)c4ccccc4)ccc32)c1C. The van der Waals surface area contributed by atoms with Crippen LogP contribution in [0.2, 0.25) is 0 Å². The van der Waals surface area contributed by atoms with Crippen molar-refractivity contribution in [3.63, 3.8) is 0 Å². The molecule has 0 radical (unpaired) electrons. The van der Waals surface area contributed by atoms with E-state index in [0.29, 0.717) is 0 Å². The number of aromatic nitrogens is 3. The van der Waals surface area contributed by atoms with Crippen LogP contribution in [0, 0.1) is 13.8 Å². The lowest BCUT2D eigenvalue weighted by Crippen LogP contribution is -2.09. The van der Waals surface area contributed by atoms with Gasteiger partial charge in [0.2, 0.25) is 0 Å². The Bertz CT molecular complexity index is 2960. The molecule has 0 unspecified atom stereocenters. The first kappa shape index (κ1) is 31.7. The first-order valence-electron chi connectivity index (χ1n) is 18.4. The molecule has 54 heavy (non-hydrogen) atoms. The van der Waals surface area contributed by atoms with E-state index in [2.05, 4.69) is 186 Å². The summed E-state index contributed by atoms with van der Waals surface area (Å²) >= 11 is 0. The van der Waals surface area contributed by atoms with Crippen LogP contribution in [0.25, 0.3) is 71.6 Å². The standard InChI is InChI=1S/C50H36N4/c1-33-34(2)46(28-26-41(33)35-21-23-36(24-22-35)44-31-37-13-11-29-51-49(37)50-43(44)19-12-30-52-50)54-47-20-10-9-18-42(47)45-32-40(25-27-48(45)54)53(38-14-5-3-6-15-38)39-16-7-4-8-17-39/h3-32H,1-2H3. The monoisotopic (exact) mass is 692 g/mol. The van der Waals surface area contributed by atoms with Crippen LogP contribution in [-0.4, -0.2) is 14.5 Å². The van der Waals surface area contributed by atoms with E-state index in [1.54, 1.807) is 0 Å². The molecule has 0 fully saturated rings. The summed E-state index contributed by atoms with van der Waals surface area (Å²) in [6, 6.07) is 60.9. The second kappa shape index (κ2) is 12.9. The van der Waals surface area contributed by atoms with Gasteiger partial charge in [0.25, 0.3) is 0 Å². The van der Waals surface area contributed by atoms with Crippen LogP contribution < -0.4 is 4.90 Å². The summed E-state index contributed by atoms with van der Waals surface area (Å²) < 4.78 is 2.44. The highest BCUT2D eigenvalue weighted by molar-refractivity contribution is 6.11. The zero-order valence-corrected chi connectivity index (χ0v) is 30.1. The van der Waals surface area contributed by atoms with Gasteiger partial charge in [0.1, 0.15) is 0 Å². The Morgan fingerprint density at radius 1 is 0.426 bits per heavy atom. The highest BCUT2D eigenvalue weighted by Gasteiger charge is 2.19. The van der Waals surface area contributed by atoms with E-state index in [9.17, 15) is 0 Å². The Morgan fingerprint density at radius 2 is 1.04 bits per heavy atom. The molecular weight excluding hydrogens is 657 g/mol. The molecule has 10 aromatic rings. The van der Waals surface area contributed by atoms with Crippen molar-refractivity contribution in [2.45, 2.75) is 13.8 Å². The molecule has 0 atom stereocenters. The highest BCUT2D eigenvalue weighted by Crippen LogP contribution is 2.41. The molecule has 3 heterocycles. The van der Waals surface area contributed by atoms with Gasteiger partial charge in [0.15, 0.2) is 0 Å². The maximum absolute atomic E-state index is 4.72. The fraction of sp³-hybridized carbons (Fsp3) is 0.0400. The second-order valence-corrected chi connectivity index (χ2v) is 13.9. The molecule has 0 aliphatic rings. The smallest absolute Gasteiger partial charge is 0.0970 e. The number of rotatable bonds is 6. The van der Waals surface area contributed by atoms with Crippen molar-refractivity contribution in [3.8, 4) is 27.9 Å². The minimum absolute atomic E-state index is 0.933. The summed E-state index contributed by atoms with van der Waals surface area (Å²) in [4.78, 5) is 11.7. The number of pyridine rings is 2. The van der Waals surface area contributed by atoms with Crippen LogP contribution in [0.4, 0.5) is 17.1 Å². The molecule has 4 heteroatoms. The minimum atomic E-state index is 0.933. The van der Waals surface area contributed by atoms with Gasteiger partial charge < -0.3 is 9.47 Å². The predicted molar refractivity (Wildman–Crippen MR) is 226 cm³/mol. The topological polar surface area (TPSA) is 34.0 Å². The molecule has 0 saturated carbocycles. The average Bonchev–Trinajstić information content (AvgIpc) is 3.56. The van der Waals surface area contributed by atoms with Crippen molar-refractivity contribution in [1.29, 1.82) is 0 Å². The van der Waals surface area contributed by atoms with Crippen molar-refractivity contribution < 1.29 is 0 Å². The van der Waals surface area contributed by atoms with Gasteiger partial charge >= 0.3 is 0 Å². The number of anilines is 3. The second-order valence-electron chi connectivity index (χ2n) is 13.9. The molecule has 0 bridgehead atoms. The Hall–Kier alpha value is -7.04. The molecule has 0 spiro atoms. The molecule has 0 amide bonds. The van der Waals surface area contributed by atoms with E-state index in [1.165, 1.54) is 55.3 Å². The van der Waals surface area contributed by atoms with Crippen LogP contribution in [0.3, 0.4) is 0 Å². The number of nitrogens with zero attached hydrogens (tertiary/aromatic N) is 4. The molecule has 0 aliphatic heterocycles. The van der Waals surface area contributed by atoms with E-state index in [-0.39, 0.29) is 0 Å². The van der Waals surface area contributed by atoms with Gasteiger partial charge in [-0.15, -0.1) is 0 Å². The van der Waals surface area contributed by atoms with E-state index in [0.717, 1.165) is 44.4 Å². The summed E-state index contributed by atoms with van der Waals surface area (Å²) in [7, 11) is 0. The lowest BCUT2D eigenvalue weighted by Gasteiger charge is -2.25. The number of para-hydroxylation sites is 3. The predicted octanol–water partition coefficient (Wildman–Crippen LogP) is 13.3. The van der Waals surface area contributed by atoms with E-state index in [1.807, 2.05) is 24.5 Å². The summed E-state index contributed by atoms with van der Waals surface area (Å²) in [5.74, 6) is 0. The maximum Gasteiger partial charge on any atom is 0.0970 e. The van der Waals surface area contributed by atoms with Crippen molar-refractivity contribution >= 4 is 60.7 Å². The van der Waals surface area contributed by atoms with E-state index < -0.39 is 0 Å². The Labute approximate surface area is 314 Å². The summed E-state index contributed by atoms with van der Waals surface area (Å²) in [5, 5.41) is 4.66. The Balaban J connectivity index is 1.06. The van der Waals surface area contributed by atoms with Gasteiger partial charge in [0.05, 0.1) is 22.1 Å². The lowest BCUT2D eigenvalue weighted by molar-refractivity contribution is 1.13. The summed E-state index contributed by atoms with van der Waals surface area (Å²) in [6.07, 6.45) is 3.68. The normalized spacial score (nSPS) is 11.5. The van der Waals surface area contributed by atoms with Gasteiger partial charge in [-0.3, -0.25) is 9.97 Å². The van der Waals surface area contributed by atoms with E-state index >= 15 is 0 Å². The molecule has 4 nitrogen and oxygen atoms in total.